The number of carbonyl (C=O) groups is 3. The fourth-order valence-electron chi connectivity index (χ4n) is 8.59. The predicted octanol–water partition coefficient (Wildman–Crippen LogP) is 9.03. The lowest BCUT2D eigenvalue weighted by molar-refractivity contribution is -0.167. The van der Waals surface area contributed by atoms with E-state index in [4.69, 9.17) is 29.0 Å². The van der Waals surface area contributed by atoms with Gasteiger partial charge in [0, 0.05) is 25.0 Å². The summed E-state index contributed by atoms with van der Waals surface area (Å²) in [6.45, 7) is 3.89. The molecule has 0 saturated heterocycles. The maximum Gasteiger partial charge on any atom is 0.481 e. The Balaban J connectivity index is 1.73. The number of aliphatic hydroxyl groups excluding tert-OH is 3. The van der Waals surface area contributed by atoms with Crippen molar-refractivity contribution in [2.24, 2.45) is 17.8 Å². The summed E-state index contributed by atoms with van der Waals surface area (Å²) in [5.74, 6) is -3.89. The van der Waals surface area contributed by atoms with Gasteiger partial charge < -0.3 is 45.1 Å². The van der Waals surface area contributed by atoms with E-state index < -0.39 is 107 Å². The van der Waals surface area contributed by atoms with E-state index in [2.05, 4.69) is 23.1 Å². The highest BCUT2D eigenvalue weighted by molar-refractivity contribution is 7.61. The number of unbranched alkanes of at least 4 members (excludes halogenated alkanes) is 15. The number of aromatic nitrogens is 2. The standard InChI is InChI=1S/C52H87N3O17P2/c1-4-5-20-27-41(56)31-32-43-44(57)33-30-40-26-22-18-19-23-28-47(58)67-36-42(70-48(59)29-24-17-15-13-11-9-7-6-8-10-12-14-16-21-25-39(2)3)37-68-73(63,64)72-74(65,66)69-38-45(50(61)49(43)60)71-51(40)55-35-34-46(53)54-52(55)62/h18,22,30-35,39-43,45,49-51,56,60-61H,4-17,19-21,23-29,36-38H2,1-3H3,(H,63,64)(H,65,66)(H2,53,54,62)/b22-18-,32-31?,33-30-/t40-,41-,42+,43-,45+,49-,50+,51+/m0/s1. The number of nitrogens with two attached hydrogens (primary N) is 1. The molecule has 1 aromatic rings. The average molecular weight is 1090 g/mol. The maximum atomic E-state index is 13.8. The summed E-state index contributed by atoms with van der Waals surface area (Å²) in [5, 5.41) is 33.9. The van der Waals surface area contributed by atoms with Crippen LogP contribution in [0.15, 0.2) is 53.5 Å². The summed E-state index contributed by atoms with van der Waals surface area (Å²) in [5.41, 5.74) is 4.84. The number of phosphoric ester groups is 2. The van der Waals surface area contributed by atoms with Gasteiger partial charge in [-0.15, -0.1) is 0 Å². The molecule has 2 aliphatic rings. The van der Waals surface area contributed by atoms with Crippen molar-refractivity contribution in [1.82, 2.24) is 9.55 Å². The van der Waals surface area contributed by atoms with Crippen molar-refractivity contribution in [3.63, 3.8) is 0 Å². The van der Waals surface area contributed by atoms with Gasteiger partial charge in [-0.1, -0.05) is 160 Å². The molecule has 2 bridgehead atoms. The van der Waals surface area contributed by atoms with E-state index in [0.717, 1.165) is 55.1 Å². The number of fused-ring (bicyclic) bond motifs is 3. The zero-order valence-electron chi connectivity index (χ0n) is 43.9. The number of ether oxygens (including phenoxy) is 3. The van der Waals surface area contributed by atoms with Crippen LogP contribution in [-0.4, -0.2) is 103 Å². The number of hydrogen-bond donors (Lipinski definition) is 6. The van der Waals surface area contributed by atoms with E-state index in [-0.39, 0.29) is 25.1 Å². The van der Waals surface area contributed by atoms with Crippen molar-refractivity contribution in [3.05, 3.63) is 59.2 Å². The van der Waals surface area contributed by atoms with Gasteiger partial charge in [0.2, 0.25) is 0 Å². The van der Waals surface area contributed by atoms with E-state index in [1.807, 2.05) is 6.92 Å². The molecule has 7 N–H and O–H groups in total. The van der Waals surface area contributed by atoms with Crippen molar-refractivity contribution >= 4 is 39.2 Å². The smallest absolute Gasteiger partial charge is 0.462 e. The van der Waals surface area contributed by atoms with Crippen LogP contribution in [0.5, 0.6) is 0 Å². The molecule has 422 valence electrons. The minimum atomic E-state index is -5.68. The summed E-state index contributed by atoms with van der Waals surface area (Å²) in [6.07, 6.45) is 20.5. The Kier molecular flexibility index (Phi) is 31.4. The molecule has 74 heavy (non-hydrogen) atoms. The summed E-state index contributed by atoms with van der Waals surface area (Å²) >= 11 is 0. The van der Waals surface area contributed by atoms with Crippen molar-refractivity contribution in [2.75, 3.05) is 25.6 Å². The minimum Gasteiger partial charge on any atom is -0.462 e. The Bertz CT molecular complexity index is 2050. The quantitative estimate of drug-likeness (QED) is 0.0230. The number of allylic oxidation sites excluding steroid dienone is 3. The van der Waals surface area contributed by atoms with Gasteiger partial charge in [0.05, 0.1) is 31.3 Å². The van der Waals surface area contributed by atoms with Crippen LogP contribution in [0.3, 0.4) is 0 Å². The average Bonchev–Trinajstić information content (AvgIpc) is 3.33. The number of aliphatic hydroxyl groups is 3. The molecular formula is C52H87N3O17P2. The summed E-state index contributed by atoms with van der Waals surface area (Å²) < 4.78 is 59.2. The number of esters is 2. The number of ketones is 1. The van der Waals surface area contributed by atoms with Crippen molar-refractivity contribution in [3.8, 4) is 0 Å². The van der Waals surface area contributed by atoms with Gasteiger partial charge in [0.25, 0.3) is 0 Å². The molecule has 0 fully saturated rings. The van der Waals surface area contributed by atoms with E-state index in [1.54, 1.807) is 12.2 Å². The van der Waals surface area contributed by atoms with E-state index in [0.29, 0.717) is 32.1 Å². The van der Waals surface area contributed by atoms with Crippen molar-refractivity contribution in [1.29, 1.82) is 0 Å². The van der Waals surface area contributed by atoms with Gasteiger partial charge in [-0.3, -0.25) is 28.0 Å². The van der Waals surface area contributed by atoms with Gasteiger partial charge in [0.1, 0.15) is 30.9 Å². The third kappa shape index (κ3) is 27.1. The second-order valence-corrected chi connectivity index (χ2v) is 22.9. The first kappa shape index (κ1) is 64.9. The number of rotatable bonds is 25. The molecule has 22 heteroatoms. The second kappa shape index (κ2) is 35.8. The van der Waals surface area contributed by atoms with Gasteiger partial charge in [-0.25, -0.2) is 13.9 Å². The molecule has 0 aliphatic carbocycles. The van der Waals surface area contributed by atoms with Crippen LogP contribution in [0.4, 0.5) is 5.82 Å². The molecule has 2 unspecified atom stereocenters. The van der Waals surface area contributed by atoms with Gasteiger partial charge in [-0.05, 0) is 50.2 Å². The molecular weight excluding hydrogens is 1000 g/mol. The maximum absolute atomic E-state index is 13.8. The van der Waals surface area contributed by atoms with Gasteiger partial charge in [-0.2, -0.15) is 9.29 Å². The number of nitrogens with zero attached hydrogens (tertiary/aromatic N) is 2. The lowest BCUT2D eigenvalue weighted by Crippen LogP contribution is -2.49. The van der Waals surface area contributed by atoms with Crippen LogP contribution in [0.2, 0.25) is 0 Å². The van der Waals surface area contributed by atoms with Crippen molar-refractivity contribution < 1.29 is 76.2 Å². The number of phosphoric acid groups is 2. The normalized spacial score (nSPS) is 28.6. The van der Waals surface area contributed by atoms with E-state index in [9.17, 15) is 53.4 Å². The van der Waals surface area contributed by atoms with Crippen LogP contribution >= 0.6 is 15.6 Å². The Hall–Kier alpha value is -3.39. The van der Waals surface area contributed by atoms with Crippen LogP contribution in [-0.2, 0) is 51.1 Å². The molecule has 3 rings (SSSR count). The molecule has 0 saturated carbocycles. The second-order valence-electron chi connectivity index (χ2n) is 19.9. The number of cyclic esters (lactones) is 1. The molecule has 0 radical (unpaired) electrons. The number of carbonyl (C=O) groups excluding carboxylic acids is 3. The van der Waals surface area contributed by atoms with Gasteiger partial charge >= 0.3 is 33.3 Å². The van der Waals surface area contributed by atoms with Crippen LogP contribution in [0, 0.1) is 17.8 Å². The molecule has 10 atom stereocenters. The number of anilines is 1. The first-order chi connectivity index (χ1) is 35.3. The molecule has 0 aromatic carbocycles. The summed E-state index contributed by atoms with van der Waals surface area (Å²) in [7, 11) is -11.2. The van der Waals surface area contributed by atoms with Crippen molar-refractivity contribution in [2.45, 2.75) is 212 Å². The SMILES string of the molecule is CCCCC[C@H](O)C=C[C@H]1C(=O)/C=C\[C@@H]2C/C=C\CCCC(=O)OC[C@@H](OC(=O)CCCCCCCCCCCCCCCCC(C)C)COP(=O)(O)OP(=O)(O)OC[C@@H](O[C@H]2n2ccc(N)nc2=O)[C@@H](O)[C@H]1O. The summed E-state index contributed by atoms with van der Waals surface area (Å²) in [4.78, 5) is 78.0. The Morgan fingerprint density at radius 2 is 1.46 bits per heavy atom. The molecule has 1 aromatic heterocycles. The molecule has 0 spiro atoms. The van der Waals surface area contributed by atoms with E-state index in [1.165, 1.54) is 94.7 Å². The zero-order valence-corrected chi connectivity index (χ0v) is 45.7. The fourth-order valence-corrected chi connectivity index (χ4v) is 10.7. The Morgan fingerprint density at radius 1 is 0.851 bits per heavy atom. The first-order valence-electron chi connectivity index (χ1n) is 26.9. The van der Waals surface area contributed by atoms with Gasteiger partial charge in [0.15, 0.2) is 11.9 Å². The molecule has 0 amide bonds. The lowest BCUT2D eigenvalue weighted by atomic mass is 9.88. The lowest BCUT2D eigenvalue weighted by Gasteiger charge is -2.36. The first-order valence-corrected chi connectivity index (χ1v) is 29.9. The van der Waals surface area contributed by atoms with Crippen LogP contribution in [0.25, 0.3) is 0 Å². The largest absolute Gasteiger partial charge is 0.481 e. The monoisotopic (exact) mass is 1090 g/mol. The molecule has 2 aliphatic heterocycles. The predicted molar refractivity (Wildman–Crippen MR) is 279 cm³/mol. The van der Waals surface area contributed by atoms with Crippen LogP contribution < -0.4 is 11.4 Å². The highest BCUT2D eigenvalue weighted by atomic mass is 31.3. The molecule has 3 heterocycles. The topological polar surface area (TPSA) is 303 Å². The minimum absolute atomic E-state index is 0.0121. The molecule has 20 nitrogen and oxygen atoms in total. The zero-order chi connectivity index (χ0) is 54.4. The van der Waals surface area contributed by atoms with Crippen LogP contribution in [0.1, 0.15) is 181 Å². The number of hydrogen-bond acceptors (Lipinski definition) is 17. The number of nitrogen functional groups attached to an aromatic ring is 1. The third-order valence-electron chi connectivity index (χ3n) is 12.9. The highest BCUT2D eigenvalue weighted by Crippen LogP contribution is 2.60. The fraction of sp³-hybridized carbons (Fsp3) is 0.750. The third-order valence-corrected chi connectivity index (χ3v) is 15.5. The summed E-state index contributed by atoms with van der Waals surface area (Å²) in [6, 6.07) is 1.28. The van der Waals surface area contributed by atoms with E-state index >= 15 is 0 Å². The Labute approximate surface area is 437 Å². The Morgan fingerprint density at radius 3 is 2.08 bits per heavy atom. The highest BCUT2D eigenvalue weighted by Gasteiger charge is 2.42.